The van der Waals surface area contributed by atoms with E-state index in [1.165, 1.54) is 6.07 Å². The van der Waals surface area contributed by atoms with Crippen molar-refractivity contribution in [2.45, 2.75) is 26.9 Å². The summed E-state index contributed by atoms with van der Waals surface area (Å²) < 4.78 is 13.3. The highest BCUT2D eigenvalue weighted by Gasteiger charge is 2.15. The predicted molar refractivity (Wildman–Crippen MR) is 50.9 cm³/mol. The smallest absolute Gasteiger partial charge is 0.129 e. The number of aliphatic hydroxyl groups is 1. The van der Waals surface area contributed by atoms with Gasteiger partial charge in [-0.2, -0.15) is 0 Å². The molecule has 1 N–H and O–H groups in total. The molecule has 13 heavy (non-hydrogen) atoms. The first kappa shape index (κ1) is 10.2. The summed E-state index contributed by atoms with van der Waals surface area (Å²) in [5.74, 6) is -0.279. The molecule has 0 spiro atoms. The van der Waals surface area contributed by atoms with E-state index in [9.17, 15) is 9.50 Å². The van der Waals surface area contributed by atoms with Crippen molar-refractivity contribution in [3.05, 3.63) is 35.1 Å². The Labute approximate surface area is 78.2 Å². The molecule has 0 aliphatic carbocycles. The molecule has 0 fully saturated rings. The fourth-order valence-corrected chi connectivity index (χ4v) is 1.23. The number of benzene rings is 1. The molecular formula is C11H15FO. The van der Waals surface area contributed by atoms with Gasteiger partial charge >= 0.3 is 0 Å². The van der Waals surface area contributed by atoms with Gasteiger partial charge in [0.1, 0.15) is 5.82 Å². The van der Waals surface area contributed by atoms with Crippen molar-refractivity contribution in [3.8, 4) is 0 Å². The molecule has 0 bridgehead atoms. The molecular weight excluding hydrogens is 167 g/mol. The van der Waals surface area contributed by atoms with Gasteiger partial charge in [0, 0.05) is 5.56 Å². The van der Waals surface area contributed by atoms with E-state index >= 15 is 0 Å². The van der Waals surface area contributed by atoms with Crippen LogP contribution in [0, 0.1) is 18.7 Å². The maximum absolute atomic E-state index is 13.3. The summed E-state index contributed by atoms with van der Waals surface area (Å²) in [6, 6.07) is 4.90. The lowest BCUT2D eigenvalue weighted by Gasteiger charge is -2.15. The summed E-state index contributed by atoms with van der Waals surface area (Å²) in [5, 5.41) is 9.63. The fourth-order valence-electron chi connectivity index (χ4n) is 1.23. The van der Waals surface area contributed by atoms with Crippen molar-refractivity contribution < 1.29 is 9.50 Å². The summed E-state index contributed by atoms with van der Waals surface area (Å²) in [6.07, 6.45) is -0.708. The number of hydrogen-bond donors (Lipinski definition) is 1. The van der Waals surface area contributed by atoms with Gasteiger partial charge < -0.3 is 5.11 Å². The summed E-state index contributed by atoms with van der Waals surface area (Å²) in [4.78, 5) is 0. The third-order valence-electron chi connectivity index (χ3n) is 2.11. The van der Waals surface area contributed by atoms with Crippen LogP contribution in [-0.4, -0.2) is 5.11 Å². The van der Waals surface area contributed by atoms with Crippen LogP contribution in [0.15, 0.2) is 18.2 Å². The molecule has 1 atom stereocenters. The summed E-state index contributed by atoms with van der Waals surface area (Å²) >= 11 is 0. The van der Waals surface area contributed by atoms with Gasteiger partial charge in [-0.3, -0.25) is 0 Å². The second kappa shape index (κ2) is 3.88. The van der Waals surface area contributed by atoms with Gasteiger partial charge in [-0.15, -0.1) is 0 Å². The third kappa shape index (κ3) is 2.28. The zero-order chi connectivity index (χ0) is 10.0. The lowest BCUT2D eigenvalue weighted by atomic mass is 9.98. The van der Waals surface area contributed by atoms with Gasteiger partial charge in [-0.1, -0.05) is 26.0 Å². The molecule has 0 amide bonds. The Morgan fingerprint density at radius 3 is 2.38 bits per heavy atom. The van der Waals surface area contributed by atoms with E-state index in [2.05, 4.69) is 0 Å². The summed E-state index contributed by atoms with van der Waals surface area (Å²) in [5.41, 5.74) is 1.26. The molecule has 1 rings (SSSR count). The van der Waals surface area contributed by atoms with E-state index in [1.54, 1.807) is 6.07 Å². The largest absolute Gasteiger partial charge is 0.388 e. The van der Waals surface area contributed by atoms with Crippen LogP contribution < -0.4 is 0 Å². The molecule has 0 unspecified atom stereocenters. The van der Waals surface area contributed by atoms with Crippen molar-refractivity contribution in [1.29, 1.82) is 0 Å². The first-order valence-corrected chi connectivity index (χ1v) is 4.46. The fraction of sp³-hybridized carbons (Fsp3) is 0.455. The number of rotatable bonds is 2. The monoisotopic (exact) mass is 182 g/mol. The van der Waals surface area contributed by atoms with Crippen molar-refractivity contribution in [1.82, 2.24) is 0 Å². The molecule has 0 heterocycles. The van der Waals surface area contributed by atoms with Gasteiger partial charge in [-0.25, -0.2) is 4.39 Å². The van der Waals surface area contributed by atoms with Crippen LogP contribution in [0.2, 0.25) is 0 Å². The Kier molecular flexibility index (Phi) is 3.04. The van der Waals surface area contributed by atoms with E-state index in [4.69, 9.17) is 0 Å². The lowest BCUT2D eigenvalue weighted by molar-refractivity contribution is 0.123. The number of halogens is 1. The van der Waals surface area contributed by atoms with E-state index in [0.717, 1.165) is 5.56 Å². The van der Waals surface area contributed by atoms with Crippen molar-refractivity contribution in [2.75, 3.05) is 0 Å². The molecule has 1 aromatic carbocycles. The highest BCUT2D eigenvalue weighted by Crippen LogP contribution is 2.24. The van der Waals surface area contributed by atoms with Crippen molar-refractivity contribution >= 4 is 0 Å². The van der Waals surface area contributed by atoms with Gasteiger partial charge in [0.15, 0.2) is 0 Å². The lowest BCUT2D eigenvalue weighted by Crippen LogP contribution is -2.07. The van der Waals surface area contributed by atoms with Crippen molar-refractivity contribution in [2.24, 2.45) is 5.92 Å². The Hall–Kier alpha value is -0.890. The van der Waals surface area contributed by atoms with Crippen LogP contribution in [0.25, 0.3) is 0 Å². The SMILES string of the molecule is Cc1ccc([C@H](O)C(C)C)c(F)c1. The van der Waals surface area contributed by atoms with Crippen LogP contribution in [0.3, 0.4) is 0 Å². The average Bonchev–Trinajstić information content (AvgIpc) is 2.03. The molecule has 0 aliphatic rings. The standard InChI is InChI=1S/C11H15FO/c1-7(2)11(13)9-5-4-8(3)6-10(9)12/h4-7,11,13H,1-3H3/t11-/m1/s1. The Morgan fingerprint density at radius 2 is 1.92 bits per heavy atom. The van der Waals surface area contributed by atoms with E-state index in [-0.39, 0.29) is 11.7 Å². The van der Waals surface area contributed by atoms with Gasteiger partial charge in [-0.05, 0) is 24.5 Å². The highest BCUT2D eigenvalue weighted by atomic mass is 19.1. The molecule has 72 valence electrons. The summed E-state index contributed by atoms with van der Waals surface area (Å²) in [7, 11) is 0. The first-order valence-electron chi connectivity index (χ1n) is 4.46. The maximum Gasteiger partial charge on any atom is 0.129 e. The zero-order valence-corrected chi connectivity index (χ0v) is 8.21. The Bertz CT molecular complexity index is 294. The topological polar surface area (TPSA) is 20.2 Å². The minimum Gasteiger partial charge on any atom is -0.388 e. The zero-order valence-electron chi connectivity index (χ0n) is 8.21. The first-order chi connectivity index (χ1) is 6.02. The number of aryl methyl sites for hydroxylation is 1. The third-order valence-corrected chi connectivity index (χ3v) is 2.11. The van der Waals surface area contributed by atoms with Crippen LogP contribution in [0.4, 0.5) is 4.39 Å². The van der Waals surface area contributed by atoms with Gasteiger partial charge in [0.05, 0.1) is 6.10 Å². The minimum atomic E-state index is -0.708. The normalized spacial score (nSPS) is 13.4. The van der Waals surface area contributed by atoms with Gasteiger partial charge in [0.2, 0.25) is 0 Å². The average molecular weight is 182 g/mol. The minimum absolute atomic E-state index is 0.0391. The Balaban J connectivity index is 3.01. The maximum atomic E-state index is 13.3. The number of aliphatic hydroxyl groups excluding tert-OH is 1. The van der Waals surface area contributed by atoms with E-state index < -0.39 is 6.10 Å². The van der Waals surface area contributed by atoms with E-state index in [0.29, 0.717) is 5.56 Å². The van der Waals surface area contributed by atoms with Crippen LogP contribution in [0.1, 0.15) is 31.1 Å². The molecule has 1 aromatic rings. The molecule has 1 nitrogen and oxygen atoms in total. The molecule has 0 aliphatic heterocycles. The predicted octanol–water partition coefficient (Wildman–Crippen LogP) is 2.82. The number of hydrogen-bond acceptors (Lipinski definition) is 1. The molecule has 0 saturated carbocycles. The van der Waals surface area contributed by atoms with Crippen molar-refractivity contribution in [3.63, 3.8) is 0 Å². The van der Waals surface area contributed by atoms with Crippen LogP contribution in [-0.2, 0) is 0 Å². The molecule has 2 heteroatoms. The van der Waals surface area contributed by atoms with E-state index in [1.807, 2.05) is 26.8 Å². The van der Waals surface area contributed by atoms with Crippen LogP contribution >= 0.6 is 0 Å². The highest BCUT2D eigenvalue weighted by molar-refractivity contribution is 5.25. The second-order valence-electron chi connectivity index (χ2n) is 3.71. The van der Waals surface area contributed by atoms with Crippen LogP contribution in [0.5, 0.6) is 0 Å². The quantitative estimate of drug-likeness (QED) is 0.745. The van der Waals surface area contributed by atoms with Gasteiger partial charge in [0.25, 0.3) is 0 Å². The Morgan fingerprint density at radius 1 is 1.31 bits per heavy atom. The second-order valence-corrected chi connectivity index (χ2v) is 3.71. The molecule has 0 saturated heterocycles. The molecule has 0 aromatic heterocycles. The molecule has 0 radical (unpaired) electrons. The summed E-state index contributed by atoms with van der Waals surface area (Å²) in [6.45, 7) is 5.56.